The molecule has 0 aliphatic carbocycles. The molecule has 1 fully saturated rings. The van der Waals surface area contributed by atoms with E-state index in [1.807, 2.05) is 38.4 Å². The number of benzene rings is 1. The fourth-order valence-electron chi connectivity index (χ4n) is 4.36. The molecule has 1 atom stereocenters. The molecule has 2 aromatic heterocycles. The van der Waals surface area contributed by atoms with Crippen LogP contribution in [0.25, 0.3) is 11.0 Å². The van der Waals surface area contributed by atoms with Gasteiger partial charge in [-0.25, -0.2) is 9.67 Å². The number of amides is 1. The summed E-state index contributed by atoms with van der Waals surface area (Å²) < 4.78 is 1.86. The van der Waals surface area contributed by atoms with Crippen LogP contribution in [-0.4, -0.2) is 33.8 Å². The number of nitrogens with one attached hydrogen (secondary N) is 1. The summed E-state index contributed by atoms with van der Waals surface area (Å²) in [4.78, 5) is 20.2. The molecule has 0 bridgehead atoms. The Morgan fingerprint density at radius 2 is 1.83 bits per heavy atom. The molecule has 1 saturated heterocycles. The van der Waals surface area contributed by atoms with Crippen LogP contribution in [0.2, 0.25) is 0 Å². The summed E-state index contributed by atoms with van der Waals surface area (Å²) in [5, 5.41) is 8.56. The zero-order valence-corrected chi connectivity index (χ0v) is 18.4. The van der Waals surface area contributed by atoms with Crippen LogP contribution in [0, 0.1) is 13.8 Å². The van der Waals surface area contributed by atoms with E-state index in [9.17, 15) is 4.79 Å². The van der Waals surface area contributed by atoms with Gasteiger partial charge in [0.2, 0.25) is 0 Å². The van der Waals surface area contributed by atoms with Gasteiger partial charge in [0, 0.05) is 31.0 Å². The molecule has 3 aromatic rings. The van der Waals surface area contributed by atoms with E-state index in [0.717, 1.165) is 47.6 Å². The fraction of sp³-hybridized carbons (Fsp3) is 0.458. The van der Waals surface area contributed by atoms with Crippen LogP contribution in [0.3, 0.4) is 0 Å². The lowest BCUT2D eigenvalue weighted by atomic mass is 10.0. The van der Waals surface area contributed by atoms with Crippen molar-refractivity contribution >= 4 is 22.6 Å². The lowest BCUT2D eigenvalue weighted by molar-refractivity contribution is 0.0941. The second-order valence-corrected chi connectivity index (χ2v) is 8.25. The Morgan fingerprint density at radius 3 is 2.50 bits per heavy atom. The number of aromatic nitrogens is 3. The van der Waals surface area contributed by atoms with Crippen LogP contribution in [0.4, 0.5) is 5.69 Å². The van der Waals surface area contributed by atoms with E-state index in [1.54, 1.807) is 0 Å². The number of nitrogens with zero attached hydrogens (tertiary/aromatic N) is 4. The van der Waals surface area contributed by atoms with Gasteiger partial charge in [-0.3, -0.25) is 4.79 Å². The third-order valence-corrected chi connectivity index (χ3v) is 6.01. The maximum Gasteiger partial charge on any atom is 0.252 e. The van der Waals surface area contributed by atoms with E-state index < -0.39 is 0 Å². The highest BCUT2D eigenvalue weighted by molar-refractivity contribution is 6.06. The molecule has 1 aromatic carbocycles. The van der Waals surface area contributed by atoms with Gasteiger partial charge >= 0.3 is 0 Å². The van der Waals surface area contributed by atoms with Crippen molar-refractivity contribution in [2.45, 2.75) is 59.5 Å². The van der Waals surface area contributed by atoms with Gasteiger partial charge in [-0.1, -0.05) is 12.1 Å². The lowest BCUT2D eigenvalue weighted by Crippen LogP contribution is -2.29. The molecule has 6 heteroatoms. The quantitative estimate of drug-likeness (QED) is 0.676. The molecule has 0 spiro atoms. The molecule has 158 valence electrons. The number of hydrogen-bond donors (Lipinski definition) is 1. The second kappa shape index (κ2) is 8.46. The number of anilines is 1. The smallest absolute Gasteiger partial charge is 0.252 e. The maximum absolute atomic E-state index is 13.2. The van der Waals surface area contributed by atoms with Crippen LogP contribution >= 0.6 is 0 Å². The predicted octanol–water partition coefficient (Wildman–Crippen LogP) is 4.55. The van der Waals surface area contributed by atoms with Crippen LogP contribution in [0.1, 0.15) is 66.5 Å². The first-order valence-corrected chi connectivity index (χ1v) is 11.0. The number of fused-ring (bicyclic) bond motifs is 1. The van der Waals surface area contributed by atoms with E-state index in [0.29, 0.717) is 5.56 Å². The first-order chi connectivity index (χ1) is 14.5. The molecule has 1 N–H and O–H groups in total. The number of rotatable bonds is 5. The number of piperidine rings is 1. The first kappa shape index (κ1) is 20.4. The molecule has 6 nitrogen and oxygen atoms in total. The van der Waals surface area contributed by atoms with Gasteiger partial charge in [-0.15, -0.1) is 0 Å². The zero-order chi connectivity index (χ0) is 21.3. The number of pyridine rings is 1. The topological polar surface area (TPSA) is 63.1 Å². The van der Waals surface area contributed by atoms with Gasteiger partial charge < -0.3 is 10.2 Å². The van der Waals surface area contributed by atoms with Crippen molar-refractivity contribution in [1.82, 2.24) is 20.1 Å². The van der Waals surface area contributed by atoms with Crippen molar-refractivity contribution in [2.75, 3.05) is 18.0 Å². The van der Waals surface area contributed by atoms with Crippen LogP contribution in [0.5, 0.6) is 0 Å². The molecule has 3 heterocycles. The number of hydrogen-bond acceptors (Lipinski definition) is 4. The van der Waals surface area contributed by atoms with Gasteiger partial charge in [0.05, 0.1) is 22.7 Å². The molecule has 1 aliphatic heterocycles. The van der Waals surface area contributed by atoms with Crippen LogP contribution in [0.15, 0.2) is 30.3 Å². The number of carbonyl (C=O) groups excluding carboxylic acids is 1. The highest BCUT2D eigenvalue weighted by atomic mass is 16.1. The normalized spacial score (nSPS) is 15.4. The van der Waals surface area contributed by atoms with E-state index in [-0.39, 0.29) is 11.9 Å². The van der Waals surface area contributed by atoms with E-state index in [4.69, 9.17) is 0 Å². The molecule has 4 rings (SSSR count). The van der Waals surface area contributed by atoms with Crippen molar-refractivity contribution in [1.29, 1.82) is 0 Å². The lowest BCUT2D eigenvalue weighted by Gasteiger charge is -2.29. The predicted molar refractivity (Wildman–Crippen MR) is 121 cm³/mol. The molecule has 1 unspecified atom stereocenters. The van der Waals surface area contributed by atoms with Crippen molar-refractivity contribution in [3.63, 3.8) is 0 Å². The van der Waals surface area contributed by atoms with Gasteiger partial charge in [-0.2, -0.15) is 5.10 Å². The van der Waals surface area contributed by atoms with Gasteiger partial charge in [-0.05, 0) is 70.7 Å². The Morgan fingerprint density at radius 1 is 1.13 bits per heavy atom. The largest absolute Gasteiger partial charge is 0.372 e. The van der Waals surface area contributed by atoms with Gasteiger partial charge in [0.25, 0.3) is 5.91 Å². The van der Waals surface area contributed by atoms with E-state index in [2.05, 4.69) is 44.6 Å². The highest BCUT2D eigenvalue weighted by Crippen LogP contribution is 2.25. The van der Waals surface area contributed by atoms with Crippen molar-refractivity contribution in [3.8, 4) is 0 Å². The number of carbonyl (C=O) groups is 1. The minimum atomic E-state index is -0.0862. The Labute approximate surface area is 178 Å². The van der Waals surface area contributed by atoms with Crippen molar-refractivity contribution in [3.05, 3.63) is 52.8 Å². The van der Waals surface area contributed by atoms with Crippen molar-refractivity contribution in [2.24, 2.45) is 0 Å². The standard InChI is InChI=1S/C24H31N5O/c1-5-29-23-22(18(4)27-29)21(15-16(2)25-23)24(30)26-17(3)19-9-11-20(12-10-19)28-13-7-6-8-14-28/h9-12,15,17H,5-8,13-14H2,1-4H3,(H,26,30). The summed E-state index contributed by atoms with van der Waals surface area (Å²) in [7, 11) is 0. The zero-order valence-electron chi connectivity index (χ0n) is 18.4. The van der Waals surface area contributed by atoms with Crippen LogP contribution in [-0.2, 0) is 6.54 Å². The first-order valence-electron chi connectivity index (χ1n) is 11.0. The van der Waals surface area contributed by atoms with E-state index >= 15 is 0 Å². The summed E-state index contributed by atoms with van der Waals surface area (Å²) in [6, 6.07) is 10.4. The van der Waals surface area contributed by atoms with Gasteiger partial charge in [0.1, 0.15) is 0 Å². The molecule has 1 amide bonds. The summed E-state index contributed by atoms with van der Waals surface area (Å²) in [5.74, 6) is -0.0862. The van der Waals surface area contributed by atoms with Gasteiger partial charge in [0.15, 0.2) is 5.65 Å². The van der Waals surface area contributed by atoms with Crippen molar-refractivity contribution < 1.29 is 4.79 Å². The Balaban J connectivity index is 1.54. The number of aryl methyl sites for hydroxylation is 3. The average molecular weight is 406 g/mol. The fourth-order valence-corrected chi connectivity index (χ4v) is 4.36. The molecule has 30 heavy (non-hydrogen) atoms. The average Bonchev–Trinajstić information content (AvgIpc) is 3.09. The summed E-state index contributed by atoms with van der Waals surface area (Å²) >= 11 is 0. The molecule has 1 aliphatic rings. The Hall–Kier alpha value is -2.89. The Bertz CT molecular complexity index is 1050. The molecule has 0 radical (unpaired) electrons. The highest BCUT2D eigenvalue weighted by Gasteiger charge is 2.20. The molecule has 0 saturated carbocycles. The summed E-state index contributed by atoms with van der Waals surface area (Å²) in [6.07, 6.45) is 3.86. The molecular formula is C24H31N5O. The summed E-state index contributed by atoms with van der Waals surface area (Å²) in [5.41, 5.74) is 5.45. The monoisotopic (exact) mass is 405 g/mol. The molecular weight excluding hydrogens is 374 g/mol. The summed E-state index contributed by atoms with van der Waals surface area (Å²) in [6.45, 7) is 10.9. The van der Waals surface area contributed by atoms with E-state index in [1.165, 1.54) is 24.9 Å². The maximum atomic E-state index is 13.2. The second-order valence-electron chi connectivity index (χ2n) is 8.25. The minimum absolute atomic E-state index is 0.0852. The SMILES string of the molecule is CCn1nc(C)c2c(C(=O)NC(C)c3ccc(N4CCCCC4)cc3)cc(C)nc21. The third kappa shape index (κ3) is 3.91. The minimum Gasteiger partial charge on any atom is -0.372 e. The Kier molecular flexibility index (Phi) is 5.75. The third-order valence-electron chi connectivity index (χ3n) is 6.01. The van der Waals surface area contributed by atoms with Crippen LogP contribution < -0.4 is 10.2 Å².